The predicted octanol–water partition coefficient (Wildman–Crippen LogP) is 4.34. The highest BCUT2D eigenvalue weighted by molar-refractivity contribution is 6.30. The first-order chi connectivity index (χ1) is 16.4. The van der Waals surface area contributed by atoms with Crippen molar-refractivity contribution in [3.05, 3.63) is 71.3 Å². The summed E-state index contributed by atoms with van der Waals surface area (Å²) in [5, 5.41) is 11.6. The van der Waals surface area contributed by atoms with Crippen LogP contribution in [0.2, 0.25) is 5.02 Å². The number of aromatic nitrogens is 2. The minimum Gasteiger partial charge on any atom is -0.493 e. The summed E-state index contributed by atoms with van der Waals surface area (Å²) >= 11 is 6.01. The molecule has 0 aliphatic carbocycles. The first-order valence-electron chi connectivity index (χ1n) is 11.5. The number of imidazole rings is 1. The van der Waals surface area contributed by atoms with Crippen molar-refractivity contribution in [1.82, 2.24) is 14.5 Å². The van der Waals surface area contributed by atoms with Crippen LogP contribution < -0.4 is 14.2 Å². The average Bonchev–Trinajstić information content (AvgIpc) is 3.25. The molecule has 2 aromatic carbocycles. The van der Waals surface area contributed by atoms with Crippen molar-refractivity contribution in [2.75, 3.05) is 33.4 Å². The molecular weight excluding hydrogens is 454 g/mol. The molecule has 34 heavy (non-hydrogen) atoms. The van der Waals surface area contributed by atoms with Crippen molar-refractivity contribution in [3.8, 4) is 17.2 Å². The molecule has 0 amide bonds. The molecule has 0 atom stereocenters. The third kappa shape index (κ3) is 6.44. The molecular formula is C26H32ClN3O4. The summed E-state index contributed by atoms with van der Waals surface area (Å²) in [4.78, 5) is 6.57. The van der Waals surface area contributed by atoms with Crippen LogP contribution in [-0.2, 0) is 13.1 Å². The summed E-state index contributed by atoms with van der Waals surface area (Å²) in [6.07, 6.45) is 5.04. The van der Waals surface area contributed by atoms with Crippen LogP contribution in [0.5, 0.6) is 17.2 Å². The number of benzene rings is 2. The van der Waals surface area contributed by atoms with Crippen molar-refractivity contribution in [2.24, 2.45) is 0 Å². The van der Waals surface area contributed by atoms with Gasteiger partial charge in [-0.3, -0.25) is 4.90 Å². The predicted molar refractivity (Wildman–Crippen MR) is 132 cm³/mol. The van der Waals surface area contributed by atoms with E-state index >= 15 is 0 Å². The van der Waals surface area contributed by atoms with Crippen LogP contribution in [-0.4, -0.2) is 58.6 Å². The minimum atomic E-state index is -0.832. The van der Waals surface area contributed by atoms with Gasteiger partial charge >= 0.3 is 0 Å². The standard InChI is InChI=1S/C26H32ClN3O4/c1-20-28-10-13-30(20)14-15-33-24-7-6-21(16-25(24)32-2)18-29-11-8-26(31,9-12-29)19-34-23-5-3-4-22(27)17-23/h3-7,10,13,16-17,31H,8-9,11-12,14-15,18-19H2,1-2H3. The van der Waals surface area contributed by atoms with E-state index in [4.69, 9.17) is 25.8 Å². The maximum atomic E-state index is 10.9. The molecule has 1 aliphatic heterocycles. The number of ether oxygens (including phenoxy) is 3. The first-order valence-corrected chi connectivity index (χ1v) is 11.9. The van der Waals surface area contributed by atoms with Gasteiger partial charge in [-0.05, 0) is 55.7 Å². The SMILES string of the molecule is COc1cc(CN2CCC(O)(COc3cccc(Cl)c3)CC2)ccc1OCCn1ccnc1C. The van der Waals surface area contributed by atoms with Gasteiger partial charge in [0.2, 0.25) is 0 Å². The number of rotatable bonds is 10. The topological polar surface area (TPSA) is 69.0 Å². The van der Waals surface area contributed by atoms with Crippen molar-refractivity contribution >= 4 is 11.6 Å². The molecule has 0 bridgehead atoms. The van der Waals surface area contributed by atoms with Gasteiger partial charge in [0.05, 0.1) is 13.7 Å². The normalized spacial score (nSPS) is 15.8. The van der Waals surface area contributed by atoms with Crippen molar-refractivity contribution in [3.63, 3.8) is 0 Å². The highest BCUT2D eigenvalue weighted by Crippen LogP contribution is 2.30. The van der Waals surface area contributed by atoms with Crippen LogP contribution in [0.3, 0.4) is 0 Å². The van der Waals surface area contributed by atoms with Crippen LogP contribution in [0.25, 0.3) is 0 Å². The third-order valence-corrected chi connectivity index (χ3v) is 6.47. The van der Waals surface area contributed by atoms with E-state index in [2.05, 4.69) is 20.5 Å². The summed E-state index contributed by atoms with van der Waals surface area (Å²) in [6.45, 7) is 5.88. The van der Waals surface area contributed by atoms with Crippen LogP contribution in [0.1, 0.15) is 24.2 Å². The highest BCUT2D eigenvalue weighted by atomic mass is 35.5. The number of likely N-dealkylation sites (tertiary alicyclic amines) is 1. The Bertz CT molecular complexity index is 1080. The lowest BCUT2D eigenvalue weighted by Crippen LogP contribution is -2.47. The fourth-order valence-electron chi connectivity index (χ4n) is 4.13. The number of aliphatic hydroxyl groups is 1. The van der Waals surface area contributed by atoms with Crippen molar-refractivity contribution in [1.29, 1.82) is 0 Å². The second-order valence-electron chi connectivity index (χ2n) is 8.75. The first kappa shape index (κ1) is 24.4. The molecule has 4 rings (SSSR count). The molecule has 0 radical (unpaired) electrons. The van der Waals surface area contributed by atoms with Gasteiger partial charge in [0.25, 0.3) is 0 Å². The van der Waals surface area contributed by atoms with Crippen LogP contribution in [0, 0.1) is 6.92 Å². The van der Waals surface area contributed by atoms with Crippen molar-refractivity contribution in [2.45, 2.75) is 38.5 Å². The number of hydrogen-bond acceptors (Lipinski definition) is 6. The maximum absolute atomic E-state index is 10.9. The largest absolute Gasteiger partial charge is 0.493 e. The number of piperidine rings is 1. The van der Waals surface area contributed by atoms with E-state index in [-0.39, 0.29) is 6.61 Å². The van der Waals surface area contributed by atoms with E-state index in [0.29, 0.717) is 30.2 Å². The minimum absolute atomic E-state index is 0.264. The Kier molecular flexibility index (Phi) is 7.98. The van der Waals surface area contributed by atoms with Gasteiger partial charge in [-0.2, -0.15) is 0 Å². The molecule has 3 aromatic rings. The van der Waals surface area contributed by atoms with Gasteiger partial charge in [-0.1, -0.05) is 23.7 Å². The zero-order chi connectivity index (χ0) is 24.0. The summed E-state index contributed by atoms with van der Waals surface area (Å²) in [6, 6.07) is 13.3. The number of halogens is 1. The summed E-state index contributed by atoms with van der Waals surface area (Å²) in [7, 11) is 1.66. The Morgan fingerprint density at radius 3 is 2.62 bits per heavy atom. The average molecular weight is 486 g/mol. The summed E-state index contributed by atoms with van der Waals surface area (Å²) < 4.78 is 19.4. The Morgan fingerprint density at radius 1 is 1.09 bits per heavy atom. The third-order valence-electron chi connectivity index (χ3n) is 6.24. The molecule has 2 heterocycles. The summed E-state index contributed by atoms with van der Waals surface area (Å²) in [5.74, 6) is 3.10. The zero-order valence-electron chi connectivity index (χ0n) is 19.7. The molecule has 1 N–H and O–H groups in total. The smallest absolute Gasteiger partial charge is 0.161 e. The van der Waals surface area contributed by atoms with Gasteiger partial charge in [-0.25, -0.2) is 4.98 Å². The highest BCUT2D eigenvalue weighted by Gasteiger charge is 2.33. The van der Waals surface area contributed by atoms with E-state index in [9.17, 15) is 5.11 Å². The molecule has 0 spiro atoms. The quantitative estimate of drug-likeness (QED) is 0.460. The Balaban J connectivity index is 1.26. The van der Waals surface area contributed by atoms with E-state index in [1.54, 1.807) is 25.4 Å². The van der Waals surface area contributed by atoms with E-state index in [1.807, 2.05) is 37.4 Å². The number of aryl methyl sites for hydroxylation is 1. The van der Waals surface area contributed by atoms with Gasteiger partial charge in [0.15, 0.2) is 11.5 Å². The number of methoxy groups -OCH3 is 1. The van der Waals surface area contributed by atoms with Crippen LogP contribution in [0.15, 0.2) is 54.9 Å². The van der Waals surface area contributed by atoms with Crippen LogP contribution in [0.4, 0.5) is 0 Å². The Labute approximate surface area is 205 Å². The summed E-state index contributed by atoms with van der Waals surface area (Å²) in [5.41, 5.74) is 0.317. The molecule has 1 aromatic heterocycles. The maximum Gasteiger partial charge on any atom is 0.161 e. The fourth-order valence-corrected chi connectivity index (χ4v) is 4.31. The Hall–Kier alpha value is -2.74. The second kappa shape index (κ2) is 11.1. The van der Waals surface area contributed by atoms with Crippen molar-refractivity contribution < 1.29 is 19.3 Å². The molecule has 1 fully saturated rings. The molecule has 182 valence electrons. The van der Waals surface area contributed by atoms with Gasteiger partial charge in [0, 0.05) is 37.1 Å². The van der Waals surface area contributed by atoms with E-state index in [1.165, 1.54) is 0 Å². The second-order valence-corrected chi connectivity index (χ2v) is 9.18. The number of hydrogen-bond donors (Lipinski definition) is 1. The lowest BCUT2D eigenvalue weighted by molar-refractivity contribution is -0.0537. The molecule has 0 unspecified atom stereocenters. The zero-order valence-corrected chi connectivity index (χ0v) is 20.5. The van der Waals surface area contributed by atoms with Gasteiger partial charge in [0.1, 0.15) is 30.4 Å². The van der Waals surface area contributed by atoms with E-state index < -0.39 is 5.60 Å². The molecule has 1 aliphatic rings. The monoisotopic (exact) mass is 485 g/mol. The fraction of sp³-hybridized carbons (Fsp3) is 0.423. The molecule has 0 saturated carbocycles. The van der Waals surface area contributed by atoms with Crippen LogP contribution >= 0.6 is 11.6 Å². The Morgan fingerprint density at radius 2 is 1.91 bits per heavy atom. The molecule has 1 saturated heterocycles. The molecule has 7 nitrogen and oxygen atoms in total. The van der Waals surface area contributed by atoms with Gasteiger partial charge in [-0.15, -0.1) is 0 Å². The lowest BCUT2D eigenvalue weighted by atomic mass is 9.92. The molecule has 8 heteroatoms. The van der Waals surface area contributed by atoms with E-state index in [0.717, 1.165) is 49.1 Å². The van der Waals surface area contributed by atoms with Gasteiger partial charge < -0.3 is 23.9 Å². The lowest BCUT2D eigenvalue weighted by Gasteiger charge is -2.38. The number of nitrogens with zero attached hydrogens (tertiary/aromatic N) is 3.